The highest BCUT2D eigenvalue weighted by Crippen LogP contribution is 2.16. The predicted octanol–water partition coefficient (Wildman–Crippen LogP) is 3.28. The van der Waals surface area contributed by atoms with Crippen molar-refractivity contribution in [2.75, 3.05) is 13.2 Å². The van der Waals surface area contributed by atoms with Crippen molar-refractivity contribution in [3.63, 3.8) is 0 Å². The van der Waals surface area contributed by atoms with Crippen LogP contribution in [0.15, 0.2) is 54.9 Å². The molecule has 0 amide bonds. The van der Waals surface area contributed by atoms with Crippen LogP contribution in [-0.4, -0.2) is 18.1 Å². The molecule has 3 heteroatoms. The largest absolute Gasteiger partial charge is 0.489 e. The molecule has 104 valence electrons. The van der Waals surface area contributed by atoms with Gasteiger partial charge in [-0.05, 0) is 24.3 Å². The van der Waals surface area contributed by atoms with Crippen LogP contribution in [0.1, 0.15) is 18.1 Å². The quantitative estimate of drug-likeness (QED) is 0.836. The Hall–Kier alpha value is -2.13. The van der Waals surface area contributed by atoms with Crippen molar-refractivity contribution in [2.45, 2.75) is 13.5 Å². The van der Waals surface area contributed by atoms with E-state index in [1.165, 1.54) is 5.56 Å². The lowest BCUT2D eigenvalue weighted by atomic mass is 10.2. The van der Waals surface area contributed by atoms with Crippen molar-refractivity contribution in [1.29, 1.82) is 0 Å². The summed E-state index contributed by atoms with van der Waals surface area (Å²) in [6, 6.07) is 12.1. The van der Waals surface area contributed by atoms with Crippen molar-refractivity contribution in [3.05, 3.63) is 66.0 Å². The summed E-state index contributed by atoms with van der Waals surface area (Å²) < 4.78 is 5.79. The third-order valence-electron chi connectivity index (χ3n) is 2.87. The van der Waals surface area contributed by atoms with Crippen LogP contribution in [0.2, 0.25) is 0 Å². The number of aromatic nitrogens is 1. The molecular formula is C17H20N2O. The Morgan fingerprint density at radius 2 is 2.05 bits per heavy atom. The summed E-state index contributed by atoms with van der Waals surface area (Å²) in [5.41, 5.74) is 2.26. The number of ether oxygens (including phenoxy) is 1. The Bertz CT molecular complexity index is 538. The Kier molecular flexibility index (Phi) is 5.80. The Morgan fingerprint density at radius 3 is 2.85 bits per heavy atom. The molecule has 0 bridgehead atoms. The van der Waals surface area contributed by atoms with Crippen LogP contribution in [0.4, 0.5) is 0 Å². The fraction of sp³-hybridized carbons (Fsp3) is 0.235. The molecule has 0 unspecified atom stereocenters. The molecule has 0 fully saturated rings. The number of hydrogen-bond acceptors (Lipinski definition) is 3. The van der Waals surface area contributed by atoms with Crippen molar-refractivity contribution >= 4 is 6.08 Å². The average molecular weight is 268 g/mol. The van der Waals surface area contributed by atoms with E-state index in [2.05, 4.69) is 35.4 Å². The topological polar surface area (TPSA) is 34.2 Å². The second kappa shape index (κ2) is 8.12. The van der Waals surface area contributed by atoms with Gasteiger partial charge in [-0.1, -0.05) is 43.3 Å². The lowest BCUT2D eigenvalue weighted by Crippen LogP contribution is -2.13. The van der Waals surface area contributed by atoms with E-state index in [1.54, 1.807) is 6.20 Å². The van der Waals surface area contributed by atoms with E-state index in [-0.39, 0.29) is 0 Å². The van der Waals surface area contributed by atoms with E-state index in [0.29, 0.717) is 6.61 Å². The van der Waals surface area contributed by atoms with Crippen LogP contribution >= 0.6 is 0 Å². The molecule has 1 aromatic heterocycles. The summed E-state index contributed by atoms with van der Waals surface area (Å²) >= 11 is 0. The summed E-state index contributed by atoms with van der Waals surface area (Å²) in [5, 5.41) is 3.28. The Morgan fingerprint density at radius 1 is 1.20 bits per heavy atom. The molecule has 2 rings (SSSR count). The van der Waals surface area contributed by atoms with Crippen molar-refractivity contribution in [3.8, 4) is 5.75 Å². The lowest BCUT2D eigenvalue weighted by Gasteiger charge is -2.09. The van der Waals surface area contributed by atoms with Crippen LogP contribution in [0, 0.1) is 0 Å². The zero-order chi connectivity index (χ0) is 14.0. The molecule has 20 heavy (non-hydrogen) atoms. The smallest absolute Gasteiger partial charge is 0.127 e. The fourth-order valence-electron chi connectivity index (χ4n) is 1.83. The third-order valence-corrected chi connectivity index (χ3v) is 2.87. The van der Waals surface area contributed by atoms with Crippen LogP contribution in [0.3, 0.4) is 0 Å². The first-order chi connectivity index (χ1) is 9.90. The fourth-order valence-corrected chi connectivity index (χ4v) is 1.83. The zero-order valence-electron chi connectivity index (χ0n) is 11.8. The van der Waals surface area contributed by atoms with Gasteiger partial charge in [-0.3, -0.25) is 4.98 Å². The Labute approximate surface area is 120 Å². The van der Waals surface area contributed by atoms with Gasteiger partial charge < -0.3 is 10.1 Å². The molecular weight excluding hydrogens is 248 g/mol. The summed E-state index contributed by atoms with van der Waals surface area (Å²) in [6.07, 6.45) is 7.68. The lowest BCUT2D eigenvalue weighted by molar-refractivity contribution is 0.358. The average Bonchev–Trinajstić information content (AvgIpc) is 2.51. The summed E-state index contributed by atoms with van der Waals surface area (Å²) in [5.74, 6) is 0.888. The van der Waals surface area contributed by atoms with Crippen LogP contribution in [-0.2, 0) is 6.54 Å². The number of hydrogen-bond donors (Lipinski definition) is 1. The summed E-state index contributed by atoms with van der Waals surface area (Å²) in [7, 11) is 0. The van der Waals surface area contributed by atoms with Crippen molar-refractivity contribution in [2.24, 2.45) is 0 Å². The normalized spacial score (nSPS) is 10.8. The van der Waals surface area contributed by atoms with Crippen LogP contribution in [0.25, 0.3) is 6.08 Å². The number of nitrogens with zero attached hydrogens (tertiary/aromatic N) is 1. The molecule has 2 aromatic rings. The summed E-state index contributed by atoms with van der Waals surface area (Å²) in [6.45, 7) is 4.35. The molecule has 0 aliphatic heterocycles. The minimum absolute atomic E-state index is 0.554. The number of nitrogens with one attached hydrogen (secondary N) is 1. The van der Waals surface area contributed by atoms with Crippen LogP contribution < -0.4 is 10.1 Å². The predicted molar refractivity (Wildman–Crippen MR) is 82.6 cm³/mol. The van der Waals surface area contributed by atoms with Gasteiger partial charge in [0, 0.05) is 24.5 Å². The van der Waals surface area contributed by atoms with Crippen LogP contribution in [0.5, 0.6) is 5.75 Å². The second-order valence-electron chi connectivity index (χ2n) is 4.39. The molecule has 0 aliphatic rings. The first-order valence-electron chi connectivity index (χ1n) is 6.88. The SMILES string of the molecule is CCNCc1cnccc1OC/C=C/c1ccccc1. The molecule has 0 radical (unpaired) electrons. The van der Waals surface area contributed by atoms with Gasteiger partial charge in [0.05, 0.1) is 0 Å². The van der Waals surface area contributed by atoms with Gasteiger partial charge in [-0.25, -0.2) is 0 Å². The minimum Gasteiger partial charge on any atom is -0.489 e. The molecule has 1 heterocycles. The van der Waals surface area contributed by atoms with E-state index in [4.69, 9.17) is 4.74 Å². The van der Waals surface area contributed by atoms with Gasteiger partial charge in [-0.2, -0.15) is 0 Å². The molecule has 0 atom stereocenters. The van der Waals surface area contributed by atoms with E-state index >= 15 is 0 Å². The number of rotatable bonds is 7. The molecule has 1 N–H and O–H groups in total. The number of benzene rings is 1. The van der Waals surface area contributed by atoms with Gasteiger partial charge in [0.25, 0.3) is 0 Å². The zero-order valence-corrected chi connectivity index (χ0v) is 11.8. The van der Waals surface area contributed by atoms with Gasteiger partial charge in [0.2, 0.25) is 0 Å². The van der Waals surface area contributed by atoms with Gasteiger partial charge in [0.15, 0.2) is 0 Å². The third kappa shape index (κ3) is 4.52. The minimum atomic E-state index is 0.554. The van der Waals surface area contributed by atoms with Gasteiger partial charge in [0.1, 0.15) is 12.4 Å². The van der Waals surface area contributed by atoms with Gasteiger partial charge in [-0.15, -0.1) is 0 Å². The monoisotopic (exact) mass is 268 g/mol. The molecule has 1 aromatic carbocycles. The molecule has 3 nitrogen and oxygen atoms in total. The van der Waals surface area contributed by atoms with E-state index < -0.39 is 0 Å². The van der Waals surface area contributed by atoms with E-state index in [0.717, 1.165) is 24.4 Å². The molecule has 0 spiro atoms. The maximum Gasteiger partial charge on any atom is 0.127 e. The van der Waals surface area contributed by atoms with Crippen molar-refractivity contribution < 1.29 is 4.74 Å². The standard InChI is InChI=1S/C17H20N2O/c1-2-18-13-16-14-19-11-10-17(16)20-12-6-9-15-7-4-3-5-8-15/h3-11,14,18H,2,12-13H2,1H3/b9-6+. The maximum atomic E-state index is 5.79. The molecule has 0 saturated heterocycles. The highest BCUT2D eigenvalue weighted by molar-refractivity contribution is 5.48. The van der Waals surface area contributed by atoms with Crippen molar-refractivity contribution in [1.82, 2.24) is 10.3 Å². The van der Waals surface area contributed by atoms with Gasteiger partial charge >= 0.3 is 0 Å². The first-order valence-corrected chi connectivity index (χ1v) is 6.88. The molecule has 0 aliphatic carbocycles. The van der Waals surface area contributed by atoms with E-state index in [1.807, 2.05) is 36.5 Å². The Balaban J connectivity index is 1.89. The molecule has 0 saturated carbocycles. The summed E-state index contributed by atoms with van der Waals surface area (Å²) in [4.78, 5) is 4.14. The highest BCUT2D eigenvalue weighted by atomic mass is 16.5. The number of pyridine rings is 1. The second-order valence-corrected chi connectivity index (χ2v) is 4.39. The maximum absolute atomic E-state index is 5.79. The first kappa shape index (κ1) is 14.3. The highest BCUT2D eigenvalue weighted by Gasteiger charge is 2.01. The van der Waals surface area contributed by atoms with E-state index in [9.17, 15) is 0 Å².